The van der Waals surface area contributed by atoms with Crippen molar-refractivity contribution in [3.63, 3.8) is 0 Å². The number of likely N-dealkylation sites (N-methyl/N-ethyl adjacent to an activating group) is 1. The van der Waals surface area contributed by atoms with Gasteiger partial charge in [-0.15, -0.1) is 11.8 Å². The fourth-order valence-electron chi connectivity index (χ4n) is 3.90. The first-order valence-corrected chi connectivity index (χ1v) is 11.1. The molecule has 0 saturated carbocycles. The summed E-state index contributed by atoms with van der Waals surface area (Å²) in [5, 5.41) is -0.121. The summed E-state index contributed by atoms with van der Waals surface area (Å²) < 4.78 is 5.26. The van der Waals surface area contributed by atoms with Crippen LogP contribution in [-0.4, -0.2) is 73.7 Å². The van der Waals surface area contributed by atoms with Crippen LogP contribution in [0.3, 0.4) is 0 Å². The fourth-order valence-corrected chi connectivity index (χ4v) is 5.12. The summed E-state index contributed by atoms with van der Waals surface area (Å²) in [6, 6.07) is 7.43. The number of carbonyl (C=O) groups is 2. The number of hydrogen-bond acceptors (Lipinski definition) is 4. The number of amides is 2. The highest BCUT2D eigenvalue weighted by Crippen LogP contribution is 2.41. The van der Waals surface area contributed by atoms with Crippen molar-refractivity contribution in [3.8, 4) is 5.75 Å². The van der Waals surface area contributed by atoms with Crippen LogP contribution in [0, 0.1) is 5.92 Å². The predicted molar refractivity (Wildman–Crippen MR) is 111 cm³/mol. The van der Waals surface area contributed by atoms with Crippen molar-refractivity contribution in [1.29, 1.82) is 0 Å². The van der Waals surface area contributed by atoms with Crippen LogP contribution in [0.4, 0.5) is 0 Å². The standard InChI is InChI=1S/C21H31N3O3S/c1-15(2)13-18(20(26)23-11-9-22(3)10-12-23)24-19(25)14-28-21(24)16-5-7-17(27-4)8-6-16/h5-8,15,18,21H,9-14H2,1-4H3/p+1/t18-,21+/m0/s1. The molecule has 0 unspecified atom stereocenters. The second-order valence-electron chi connectivity index (χ2n) is 8.17. The van der Waals surface area contributed by atoms with Crippen LogP contribution < -0.4 is 9.64 Å². The van der Waals surface area contributed by atoms with Gasteiger partial charge in [0, 0.05) is 0 Å². The van der Waals surface area contributed by atoms with Crippen LogP contribution in [0.25, 0.3) is 0 Å². The van der Waals surface area contributed by atoms with Crippen LogP contribution in [0.2, 0.25) is 0 Å². The third-order valence-corrected chi connectivity index (χ3v) is 6.78. The van der Waals surface area contributed by atoms with Crippen molar-refractivity contribution in [2.75, 3.05) is 46.1 Å². The molecule has 0 bridgehead atoms. The smallest absolute Gasteiger partial charge is 0.245 e. The van der Waals surface area contributed by atoms with Crippen molar-refractivity contribution in [1.82, 2.24) is 9.80 Å². The van der Waals surface area contributed by atoms with Crippen LogP contribution in [0.1, 0.15) is 31.2 Å². The van der Waals surface area contributed by atoms with Crippen LogP contribution in [0.5, 0.6) is 5.75 Å². The van der Waals surface area contributed by atoms with Gasteiger partial charge in [0.05, 0.1) is 46.1 Å². The molecule has 154 valence electrons. The zero-order chi connectivity index (χ0) is 20.3. The normalized spacial score (nSPS) is 22.0. The van der Waals surface area contributed by atoms with E-state index in [1.165, 1.54) is 4.90 Å². The lowest BCUT2D eigenvalue weighted by Crippen LogP contribution is -3.12. The first kappa shape index (κ1) is 21.0. The summed E-state index contributed by atoms with van der Waals surface area (Å²) in [6.07, 6.45) is 0.691. The molecule has 0 aromatic heterocycles. The van der Waals surface area contributed by atoms with E-state index in [-0.39, 0.29) is 17.2 Å². The number of nitrogens with zero attached hydrogens (tertiary/aromatic N) is 2. The van der Waals surface area contributed by atoms with E-state index in [0.29, 0.717) is 18.1 Å². The molecule has 0 aliphatic carbocycles. The average molecular weight is 407 g/mol. The third-order valence-electron chi connectivity index (χ3n) is 5.55. The van der Waals surface area contributed by atoms with Gasteiger partial charge in [-0.2, -0.15) is 0 Å². The summed E-state index contributed by atoms with van der Waals surface area (Å²) in [5.41, 5.74) is 1.04. The highest BCUT2D eigenvalue weighted by Gasteiger charge is 2.42. The minimum absolute atomic E-state index is 0.0598. The van der Waals surface area contributed by atoms with Crippen molar-refractivity contribution >= 4 is 23.6 Å². The van der Waals surface area contributed by atoms with Crippen molar-refractivity contribution in [2.24, 2.45) is 5.92 Å². The Hall–Kier alpha value is -1.73. The molecule has 2 aliphatic heterocycles. The number of rotatable bonds is 6. The van der Waals surface area contributed by atoms with Gasteiger partial charge in [-0.05, 0) is 30.0 Å². The van der Waals surface area contributed by atoms with E-state index in [2.05, 4.69) is 20.9 Å². The lowest BCUT2D eigenvalue weighted by Gasteiger charge is -2.38. The molecule has 1 aromatic rings. The third kappa shape index (κ3) is 4.63. The lowest BCUT2D eigenvalue weighted by molar-refractivity contribution is -0.883. The SMILES string of the molecule is COc1ccc([C@H]2SCC(=O)N2[C@@H](CC(C)C)C(=O)N2CC[NH+](C)CC2)cc1. The second-order valence-corrected chi connectivity index (χ2v) is 9.23. The molecule has 2 heterocycles. The zero-order valence-electron chi connectivity index (χ0n) is 17.3. The first-order chi connectivity index (χ1) is 13.4. The highest BCUT2D eigenvalue weighted by molar-refractivity contribution is 8.00. The number of carbonyl (C=O) groups excluding carboxylic acids is 2. The van der Waals surface area contributed by atoms with Crippen LogP contribution in [-0.2, 0) is 9.59 Å². The second kappa shape index (κ2) is 9.18. The Labute approximate surface area is 172 Å². The maximum Gasteiger partial charge on any atom is 0.245 e. The fraction of sp³-hybridized carbons (Fsp3) is 0.619. The van der Waals surface area contributed by atoms with E-state index < -0.39 is 6.04 Å². The number of benzene rings is 1. The van der Waals surface area contributed by atoms with E-state index in [1.807, 2.05) is 34.1 Å². The molecular weight excluding hydrogens is 374 g/mol. The molecule has 2 atom stereocenters. The van der Waals surface area contributed by atoms with Gasteiger partial charge in [-0.1, -0.05) is 26.0 Å². The van der Waals surface area contributed by atoms with Crippen LogP contribution >= 0.6 is 11.8 Å². The molecular formula is C21H32N3O3S+. The van der Waals surface area contributed by atoms with E-state index in [9.17, 15) is 9.59 Å². The monoisotopic (exact) mass is 406 g/mol. The van der Waals surface area contributed by atoms with Gasteiger partial charge in [0.2, 0.25) is 11.8 Å². The number of ether oxygens (including phenoxy) is 1. The first-order valence-electron chi connectivity index (χ1n) is 10.1. The molecule has 28 heavy (non-hydrogen) atoms. The maximum absolute atomic E-state index is 13.4. The minimum Gasteiger partial charge on any atom is -0.497 e. The van der Waals surface area contributed by atoms with Crippen LogP contribution in [0.15, 0.2) is 24.3 Å². The number of quaternary nitrogens is 1. The molecule has 2 fully saturated rings. The highest BCUT2D eigenvalue weighted by atomic mass is 32.2. The molecule has 0 spiro atoms. The van der Waals surface area contributed by atoms with E-state index in [0.717, 1.165) is 37.5 Å². The molecule has 3 rings (SSSR count). The predicted octanol–water partition coefficient (Wildman–Crippen LogP) is 1.04. The molecule has 0 radical (unpaired) electrons. The molecule has 6 nitrogen and oxygen atoms in total. The summed E-state index contributed by atoms with van der Waals surface area (Å²) >= 11 is 1.61. The lowest BCUT2D eigenvalue weighted by atomic mass is 9.99. The molecule has 2 aliphatic rings. The zero-order valence-corrected chi connectivity index (χ0v) is 18.1. The Kier molecular flexibility index (Phi) is 6.88. The van der Waals surface area contributed by atoms with Gasteiger partial charge >= 0.3 is 0 Å². The minimum atomic E-state index is -0.395. The molecule has 2 saturated heterocycles. The molecule has 1 N–H and O–H groups in total. The number of piperazine rings is 1. The average Bonchev–Trinajstić information content (AvgIpc) is 3.07. The summed E-state index contributed by atoms with van der Waals surface area (Å²) in [7, 11) is 3.80. The molecule has 7 heteroatoms. The topological polar surface area (TPSA) is 54.3 Å². The van der Waals surface area contributed by atoms with Crippen molar-refractivity contribution in [2.45, 2.75) is 31.7 Å². The van der Waals surface area contributed by atoms with Gasteiger partial charge in [0.25, 0.3) is 0 Å². The summed E-state index contributed by atoms with van der Waals surface area (Å²) in [5.74, 6) is 1.72. The molecule has 1 aromatic carbocycles. The number of nitrogens with one attached hydrogen (secondary N) is 1. The van der Waals surface area contributed by atoms with Gasteiger partial charge in [0.15, 0.2) is 0 Å². The van der Waals surface area contributed by atoms with Crippen molar-refractivity contribution in [3.05, 3.63) is 29.8 Å². The Morgan fingerprint density at radius 3 is 2.46 bits per heavy atom. The van der Waals surface area contributed by atoms with Gasteiger partial charge in [0.1, 0.15) is 17.2 Å². The Balaban J connectivity index is 1.85. The molecule has 2 amide bonds. The van der Waals surface area contributed by atoms with E-state index in [4.69, 9.17) is 4.74 Å². The Morgan fingerprint density at radius 1 is 1.25 bits per heavy atom. The Bertz CT molecular complexity index is 687. The number of methoxy groups -OCH3 is 1. The summed E-state index contributed by atoms with van der Waals surface area (Å²) in [4.78, 5) is 31.6. The van der Waals surface area contributed by atoms with E-state index in [1.54, 1.807) is 18.9 Å². The van der Waals surface area contributed by atoms with Gasteiger partial charge in [-0.3, -0.25) is 9.59 Å². The van der Waals surface area contributed by atoms with E-state index >= 15 is 0 Å². The summed E-state index contributed by atoms with van der Waals surface area (Å²) in [6.45, 7) is 7.69. The number of thioether (sulfide) groups is 1. The maximum atomic E-state index is 13.4. The quantitative estimate of drug-likeness (QED) is 0.767. The number of hydrogen-bond donors (Lipinski definition) is 1. The largest absolute Gasteiger partial charge is 0.497 e. The van der Waals surface area contributed by atoms with Gasteiger partial charge in [-0.25, -0.2) is 0 Å². The van der Waals surface area contributed by atoms with Gasteiger partial charge < -0.3 is 19.4 Å². The van der Waals surface area contributed by atoms with Crippen molar-refractivity contribution < 1.29 is 19.2 Å². The Morgan fingerprint density at radius 2 is 1.89 bits per heavy atom.